The molecule has 0 saturated carbocycles. The van der Waals surface area contributed by atoms with Gasteiger partial charge in [0.25, 0.3) is 5.91 Å². The Balaban J connectivity index is 1.29. The Morgan fingerprint density at radius 3 is 2.68 bits per heavy atom. The fourth-order valence-corrected chi connectivity index (χ4v) is 4.74. The van der Waals surface area contributed by atoms with E-state index >= 15 is 0 Å². The number of ether oxygens (including phenoxy) is 1. The highest BCUT2D eigenvalue weighted by molar-refractivity contribution is 5.93. The standard InChI is InChI=1S/C20H29N3O2/c24-19(18-2-1-8-21-14-18)23-10-6-20(7-11-23)5-9-22(16-20)15-17-3-12-25-13-4-17/h1-2,8,14,17H,3-7,9-13,15-16H2. The SMILES string of the molecule is O=C(c1cccnc1)N1CCC2(CCN(CC3CCOCC3)C2)CC1. The van der Waals surface area contributed by atoms with Crippen molar-refractivity contribution in [3.8, 4) is 0 Å². The van der Waals surface area contributed by atoms with Crippen LogP contribution >= 0.6 is 0 Å². The Hall–Kier alpha value is -1.46. The Labute approximate surface area is 150 Å². The lowest BCUT2D eigenvalue weighted by molar-refractivity contribution is 0.0488. The van der Waals surface area contributed by atoms with E-state index in [0.717, 1.165) is 45.1 Å². The van der Waals surface area contributed by atoms with Gasteiger partial charge >= 0.3 is 0 Å². The van der Waals surface area contributed by atoms with Crippen LogP contribution in [0.25, 0.3) is 0 Å². The molecular weight excluding hydrogens is 314 g/mol. The number of hydrogen-bond donors (Lipinski definition) is 0. The number of carbonyl (C=O) groups is 1. The van der Waals surface area contributed by atoms with E-state index < -0.39 is 0 Å². The summed E-state index contributed by atoms with van der Waals surface area (Å²) in [5.41, 5.74) is 1.16. The second kappa shape index (κ2) is 7.42. The second-order valence-electron chi connectivity index (χ2n) is 8.07. The Bertz CT molecular complexity index is 578. The van der Waals surface area contributed by atoms with E-state index in [2.05, 4.69) is 9.88 Å². The molecule has 5 heteroatoms. The fraction of sp³-hybridized carbons (Fsp3) is 0.700. The van der Waals surface area contributed by atoms with Crippen LogP contribution in [-0.4, -0.2) is 66.6 Å². The van der Waals surface area contributed by atoms with Gasteiger partial charge in [-0.3, -0.25) is 9.78 Å². The third-order valence-corrected chi connectivity index (χ3v) is 6.39. The average molecular weight is 343 g/mol. The highest BCUT2D eigenvalue weighted by Gasteiger charge is 2.41. The number of rotatable bonds is 3. The van der Waals surface area contributed by atoms with Crippen LogP contribution in [0.5, 0.6) is 0 Å². The molecule has 1 aromatic heterocycles. The quantitative estimate of drug-likeness (QED) is 0.846. The summed E-state index contributed by atoms with van der Waals surface area (Å²) in [6.45, 7) is 7.35. The fourth-order valence-electron chi connectivity index (χ4n) is 4.74. The van der Waals surface area contributed by atoms with E-state index in [0.29, 0.717) is 11.0 Å². The summed E-state index contributed by atoms with van der Waals surface area (Å²) in [4.78, 5) is 21.4. The first-order valence-corrected chi connectivity index (χ1v) is 9.74. The molecule has 0 unspecified atom stereocenters. The van der Waals surface area contributed by atoms with E-state index in [1.807, 2.05) is 17.0 Å². The third kappa shape index (κ3) is 3.87. The lowest BCUT2D eigenvalue weighted by Crippen LogP contribution is -2.44. The van der Waals surface area contributed by atoms with Gasteiger partial charge in [-0.1, -0.05) is 0 Å². The van der Waals surface area contributed by atoms with Crippen LogP contribution in [0.4, 0.5) is 0 Å². The monoisotopic (exact) mass is 343 g/mol. The first-order chi connectivity index (χ1) is 12.2. The molecule has 25 heavy (non-hydrogen) atoms. The molecular formula is C20H29N3O2. The zero-order valence-corrected chi connectivity index (χ0v) is 15.0. The molecule has 3 aliphatic rings. The number of aromatic nitrogens is 1. The minimum Gasteiger partial charge on any atom is -0.381 e. The first-order valence-electron chi connectivity index (χ1n) is 9.74. The lowest BCUT2D eigenvalue weighted by atomic mass is 9.77. The highest BCUT2D eigenvalue weighted by Crippen LogP contribution is 2.41. The van der Waals surface area contributed by atoms with Crippen molar-refractivity contribution >= 4 is 5.91 Å². The Morgan fingerprint density at radius 1 is 1.20 bits per heavy atom. The first kappa shape index (κ1) is 17.0. The lowest BCUT2D eigenvalue weighted by Gasteiger charge is -2.39. The number of likely N-dealkylation sites (tertiary alicyclic amines) is 2. The van der Waals surface area contributed by atoms with Crippen molar-refractivity contribution < 1.29 is 9.53 Å². The van der Waals surface area contributed by atoms with Crippen molar-refractivity contribution in [3.05, 3.63) is 30.1 Å². The summed E-state index contributed by atoms with van der Waals surface area (Å²) in [5, 5.41) is 0. The predicted octanol–water partition coefficient (Wildman–Crippen LogP) is 2.44. The van der Waals surface area contributed by atoms with E-state index in [9.17, 15) is 4.79 Å². The second-order valence-corrected chi connectivity index (χ2v) is 8.07. The molecule has 3 saturated heterocycles. The van der Waals surface area contributed by atoms with Gasteiger partial charge in [0.05, 0.1) is 5.56 Å². The topological polar surface area (TPSA) is 45.7 Å². The van der Waals surface area contributed by atoms with Crippen molar-refractivity contribution in [1.82, 2.24) is 14.8 Å². The molecule has 136 valence electrons. The van der Waals surface area contributed by atoms with Crippen molar-refractivity contribution in [2.75, 3.05) is 45.9 Å². The zero-order valence-electron chi connectivity index (χ0n) is 15.0. The molecule has 0 bridgehead atoms. The smallest absolute Gasteiger partial charge is 0.255 e. The summed E-state index contributed by atoms with van der Waals surface area (Å²) in [7, 11) is 0. The van der Waals surface area contributed by atoms with Crippen LogP contribution < -0.4 is 0 Å². The van der Waals surface area contributed by atoms with Crippen LogP contribution in [0.3, 0.4) is 0 Å². The summed E-state index contributed by atoms with van der Waals surface area (Å²) < 4.78 is 5.48. The maximum absolute atomic E-state index is 12.6. The molecule has 0 atom stereocenters. The van der Waals surface area contributed by atoms with Gasteiger partial charge in [-0.2, -0.15) is 0 Å². The summed E-state index contributed by atoms with van der Waals surface area (Å²) in [6.07, 6.45) is 9.41. The van der Waals surface area contributed by atoms with E-state index in [1.54, 1.807) is 12.4 Å². The van der Waals surface area contributed by atoms with Crippen molar-refractivity contribution in [1.29, 1.82) is 0 Å². The van der Waals surface area contributed by atoms with Crippen LogP contribution in [0.2, 0.25) is 0 Å². The molecule has 3 aliphatic heterocycles. The molecule has 0 aliphatic carbocycles. The molecule has 4 heterocycles. The predicted molar refractivity (Wildman–Crippen MR) is 96.4 cm³/mol. The average Bonchev–Trinajstić information content (AvgIpc) is 3.05. The number of nitrogens with zero attached hydrogens (tertiary/aromatic N) is 3. The minimum atomic E-state index is 0.139. The third-order valence-electron chi connectivity index (χ3n) is 6.39. The van der Waals surface area contributed by atoms with E-state index in [-0.39, 0.29) is 5.91 Å². The molecule has 5 nitrogen and oxygen atoms in total. The van der Waals surface area contributed by atoms with Crippen LogP contribution in [0.1, 0.15) is 42.5 Å². The number of hydrogen-bond acceptors (Lipinski definition) is 4. The number of amides is 1. The summed E-state index contributed by atoms with van der Waals surface area (Å²) in [6, 6.07) is 3.70. The maximum atomic E-state index is 12.6. The van der Waals surface area contributed by atoms with Crippen molar-refractivity contribution in [3.63, 3.8) is 0 Å². The van der Waals surface area contributed by atoms with E-state index in [4.69, 9.17) is 4.74 Å². The van der Waals surface area contributed by atoms with E-state index in [1.165, 1.54) is 38.9 Å². The minimum absolute atomic E-state index is 0.139. The van der Waals surface area contributed by atoms with Crippen LogP contribution in [-0.2, 0) is 4.74 Å². The van der Waals surface area contributed by atoms with Gasteiger partial charge in [0, 0.05) is 51.8 Å². The van der Waals surface area contributed by atoms with Gasteiger partial charge in [0.15, 0.2) is 0 Å². The Kier molecular flexibility index (Phi) is 5.04. The van der Waals surface area contributed by atoms with Gasteiger partial charge in [-0.15, -0.1) is 0 Å². The van der Waals surface area contributed by atoms with Gasteiger partial charge in [-0.25, -0.2) is 0 Å². The van der Waals surface area contributed by atoms with Crippen molar-refractivity contribution in [2.24, 2.45) is 11.3 Å². The van der Waals surface area contributed by atoms with Crippen LogP contribution in [0.15, 0.2) is 24.5 Å². The molecule has 0 radical (unpaired) electrons. The zero-order chi connectivity index (χ0) is 17.1. The normalized spacial score (nSPS) is 24.7. The summed E-state index contributed by atoms with van der Waals surface area (Å²) >= 11 is 0. The molecule has 1 aromatic rings. The molecule has 1 amide bonds. The highest BCUT2D eigenvalue weighted by atomic mass is 16.5. The maximum Gasteiger partial charge on any atom is 0.255 e. The van der Waals surface area contributed by atoms with Crippen LogP contribution in [0, 0.1) is 11.3 Å². The molecule has 3 fully saturated rings. The van der Waals surface area contributed by atoms with Gasteiger partial charge < -0.3 is 14.5 Å². The molecule has 0 aromatic carbocycles. The number of pyridine rings is 1. The molecule has 4 rings (SSSR count). The number of piperidine rings is 1. The Morgan fingerprint density at radius 2 is 1.96 bits per heavy atom. The molecule has 0 N–H and O–H groups in total. The van der Waals surface area contributed by atoms with Gasteiger partial charge in [-0.05, 0) is 62.1 Å². The van der Waals surface area contributed by atoms with Gasteiger partial charge in [0.1, 0.15) is 0 Å². The largest absolute Gasteiger partial charge is 0.381 e. The van der Waals surface area contributed by atoms with Gasteiger partial charge in [0.2, 0.25) is 0 Å². The molecule has 1 spiro atoms. The van der Waals surface area contributed by atoms with Crippen molar-refractivity contribution in [2.45, 2.75) is 32.1 Å². The summed E-state index contributed by atoms with van der Waals surface area (Å²) in [5.74, 6) is 0.955. The number of carbonyl (C=O) groups excluding carboxylic acids is 1.